The third-order valence-electron chi connectivity index (χ3n) is 3.70. The third-order valence-corrected chi connectivity index (χ3v) is 3.70. The number of carboxylic acid groups (broad SMARTS) is 1. The maximum absolute atomic E-state index is 10.6. The number of aryl methyl sites for hydroxylation is 1. The first-order valence-electron chi connectivity index (χ1n) is 7.00. The summed E-state index contributed by atoms with van der Waals surface area (Å²) in [7, 11) is 0. The van der Waals surface area contributed by atoms with Gasteiger partial charge in [-0.3, -0.25) is 9.69 Å². The molecule has 2 aromatic rings. The normalized spacial score (nSPS) is 16.5. The Morgan fingerprint density at radius 3 is 2.81 bits per heavy atom. The number of rotatable bonds is 4. The third kappa shape index (κ3) is 2.94. The second-order valence-corrected chi connectivity index (χ2v) is 5.20. The molecule has 0 saturated carbocycles. The van der Waals surface area contributed by atoms with Crippen LogP contribution in [0, 0.1) is 6.92 Å². The van der Waals surface area contributed by atoms with Gasteiger partial charge in [0.15, 0.2) is 0 Å². The van der Waals surface area contributed by atoms with Crippen LogP contribution in [0.25, 0.3) is 5.78 Å². The highest BCUT2D eigenvalue weighted by atomic mass is 16.4. The lowest BCUT2D eigenvalue weighted by atomic mass is 10.2. The van der Waals surface area contributed by atoms with E-state index in [9.17, 15) is 4.79 Å². The van der Waals surface area contributed by atoms with E-state index in [4.69, 9.17) is 5.11 Å². The molecule has 0 unspecified atom stereocenters. The van der Waals surface area contributed by atoms with Crippen LogP contribution in [0.3, 0.4) is 0 Å². The van der Waals surface area contributed by atoms with Gasteiger partial charge >= 0.3 is 5.97 Å². The van der Waals surface area contributed by atoms with Crippen molar-refractivity contribution in [2.45, 2.75) is 13.3 Å². The number of hydrogen-bond donors (Lipinski definition) is 1. The Labute approximate surface area is 122 Å². The molecule has 2 aromatic heterocycles. The lowest BCUT2D eigenvalue weighted by Gasteiger charge is -2.35. The molecule has 1 saturated heterocycles. The predicted octanol–water partition coefficient (Wildman–Crippen LogP) is 0.0294. The van der Waals surface area contributed by atoms with E-state index in [0.717, 1.165) is 37.7 Å². The van der Waals surface area contributed by atoms with Crippen molar-refractivity contribution in [1.29, 1.82) is 0 Å². The van der Waals surface area contributed by atoms with E-state index < -0.39 is 5.97 Å². The summed E-state index contributed by atoms with van der Waals surface area (Å²) in [5, 5.41) is 13.0. The second kappa shape index (κ2) is 5.65. The summed E-state index contributed by atoms with van der Waals surface area (Å²) in [6.45, 7) is 5.95. The molecule has 0 spiro atoms. The van der Waals surface area contributed by atoms with Crippen LogP contribution < -0.4 is 4.90 Å². The van der Waals surface area contributed by atoms with Crippen molar-refractivity contribution in [1.82, 2.24) is 24.5 Å². The number of fused-ring (bicyclic) bond motifs is 1. The minimum atomic E-state index is -0.744. The van der Waals surface area contributed by atoms with Gasteiger partial charge in [0.25, 0.3) is 5.78 Å². The molecular weight excluding hydrogens is 272 g/mol. The number of aliphatic carboxylic acids is 1. The lowest BCUT2D eigenvalue weighted by Crippen LogP contribution is -2.47. The van der Waals surface area contributed by atoms with Crippen LogP contribution in [0.5, 0.6) is 0 Å². The molecule has 112 valence electrons. The first-order chi connectivity index (χ1) is 10.1. The molecule has 1 N–H and O–H groups in total. The summed E-state index contributed by atoms with van der Waals surface area (Å²) >= 11 is 0. The fourth-order valence-electron chi connectivity index (χ4n) is 2.59. The Bertz CT molecular complexity index is 647. The summed E-state index contributed by atoms with van der Waals surface area (Å²) in [5.74, 6) is 0.859. The Kier molecular flexibility index (Phi) is 3.70. The summed E-state index contributed by atoms with van der Waals surface area (Å²) in [6, 6.07) is 2.01. The predicted molar refractivity (Wildman–Crippen MR) is 76.4 cm³/mol. The molecule has 1 aliphatic rings. The summed E-state index contributed by atoms with van der Waals surface area (Å²) in [4.78, 5) is 23.5. The number of carbonyl (C=O) groups is 1. The van der Waals surface area contributed by atoms with E-state index in [1.54, 1.807) is 4.52 Å². The number of aromatic nitrogens is 4. The SMILES string of the molecule is Cc1cc(N2CCN(CCC(=O)O)CC2)n2ncnc2n1. The van der Waals surface area contributed by atoms with E-state index in [2.05, 4.69) is 24.9 Å². The maximum Gasteiger partial charge on any atom is 0.304 e. The van der Waals surface area contributed by atoms with Gasteiger partial charge in [-0.05, 0) is 6.92 Å². The number of anilines is 1. The van der Waals surface area contributed by atoms with Crippen LogP contribution in [0.1, 0.15) is 12.1 Å². The van der Waals surface area contributed by atoms with Crippen molar-refractivity contribution in [3.63, 3.8) is 0 Å². The zero-order valence-electron chi connectivity index (χ0n) is 11.9. The minimum Gasteiger partial charge on any atom is -0.481 e. The number of piperazine rings is 1. The van der Waals surface area contributed by atoms with E-state index in [0.29, 0.717) is 12.3 Å². The van der Waals surface area contributed by atoms with Crippen molar-refractivity contribution in [3.8, 4) is 0 Å². The highest BCUT2D eigenvalue weighted by Gasteiger charge is 2.20. The summed E-state index contributed by atoms with van der Waals surface area (Å²) < 4.78 is 1.75. The van der Waals surface area contributed by atoms with Crippen LogP contribution in [0.15, 0.2) is 12.4 Å². The highest BCUT2D eigenvalue weighted by molar-refractivity contribution is 5.66. The molecular formula is C13H18N6O2. The van der Waals surface area contributed by atoms with Crippen molar-refractivity contribution in [2.24, 2.45) is 0 Å². The zero-order chi connectivity index (χ0) is 14.8. The van der Waals surface area contributed by atoms with Crippen LogP contribution in [0.2, 0.25) is 0 Å². The lowest BCUT2D eigenvalue weighted by molar-refractivity contribution is -0.137. The van der Waals surface area contributed by atoms with Gasteiger partial charge in [-0.15, -0.1) is 0 Å². The van der Waals surface area contributed by atoms with Gasteiger partial charge in [0.05, 0.1) is 6.42 Å². The largest absolute Gasteiger partial charge is 0.481 e. The molecule has 0 bridgehead atoms. The van der Waals surface area contributed by atoms with Crippen molar-refractivity contribution >= 4 is 17.6 Å². The minimum absolute atomic E-state index is 0.196. The van der Waals surface area contributed by atoms with E-state index >= 15 is 0 Å². The topological polar surface area (TPSA) is 86.9 Å². The Hall–Kier alpha value is -2.22. The quantitative estimate of drug-likeness (QED) is 0.850. The second-order valence-electron chi connectivity index (χ2n) is 5.20. The summed E-state index contributed by atoms with van der Waals surface area (Å²) in [6.07, 6.45) is 1.70. The molecule has 1 aliphatic heterocycles. The fraction of sp³-hybridized carbons (Fsp3) is 0.538. The van der Waals surface area contributed by atoms with Gasteiger partial charge < -0.3 is 10.0 Å². The molecule has 1 fully saturated rings. The van der Waals surface area contributed by atoms with Gasteiger partial charge in [-0.2, -0.15) is 14.6 Å². The maximum atomic E-state index is 10.6. The first-order valence-corrected chi connectivity index (χ1v) is 7.00. The van der Waals surface area contributed by atoms with Crippen molar-refractivity contribution in [2.75, 3.05) is 37.6 Å². The van der Waals surface area contributed by atoms with Gasteiger partial charge in [0.1, 0.15) is 12.1 Å². The van der Waals surface area contributed by atoms with Crippen molar-refractivity contribution in [3.05, 3.63) is 18.1 Å². The summed E-state index contributed by atoms with van der Waals surface area (Å²) in [5.41, 5.74) is 0.916. The average Bonchev–Trinajstić information content (AvgIpc) is 2.93. The number of carboxylic acids is 1. The fourth-order valence-corrected chi connectivity index (χ4v) is 2.59. The molecule has 0 radical (unpaired) electrons. The highest BCUT2D eigenvalue weighted by Crippen LogP contribution is 2.17. The molecule has 0 amide bonds. The van der Waals surface area contributed by atoms with Gasteiger partial charge in [-0.25, -0.2) is 4.98 Å². The molecule has 21 heavy (non-hydrogen) atoms. The van der Waals surface area contributed by atoms with Crippen molar-refractivity contribution < 1.29 is 9.90 Å². The first kappa shape index (κ1) is 13.7. The van der Waals surface area contributed by atoms with Gasteiger partial charge in [-0.1, -0.05) is 0 Å². The zero-order valence-corrected chi connectivity index (χ0v) is 11.9. The molecule has 0 aliphatic carbocycles. The average molecular weight is 290 g/mol. The molecule has 3 rings (SSSR count). The Balaban J connectivity index is 1.71. The monoisotopic (exact) mass is 290 g/mol. The Morgan fingerprint density at radius 1 is 1.33 bits per heavy atom. The van der Waals surface area contributed by atoms with Crippen LogP contribution >= 0.6 is 0 Å². The Morgan fingerprint density at radius 2 is 2.10 bits per heavy atom. The molecule has 3 heterocycles. The van der Waals surface area contributed by atoms with E-state index in [1.807, 2.05) is 13.0 Å². The smallest absolute Gasteiger partial charge is 0.304 e. The van der Waals surface area contributed by atoms with E-state index in [1.165, 1.54) is 6.33 Å². The van der Waals surface area contributed by atoms with Crippen LogP contribution in [0.4, 0.5) is 5.82 Å². The molecule has 0 atom stereocenters. The standard InChI is InChI=1S/C13H18N6O2/c1-10-8-11(19-13(16-10)14-9-15-19)18-6-4-17(5-7-18)3-2-12(20)21/h8-9H,2-7H2,1H3,(H,20,21). The van der Waals surface area contributed by atoms with Crippen LogP contribution in [-0.4, -0.2) is 68.3 Å². The van der Waals surface area contributed by atoms with Gasteiger partial charge in [0, 0.05) is 44.5 Å². The van der Waals surface area contributed by atoms with Gasteiger partial charge in [0.2, 0.25) is 0 Å². The molecule has 8 nitrogen and oxygen atoms in total. The molecule has 0 aromatic carbocycles. The van der Waals surface area contributed by atoms with Crippen LogP contribution in [-0.2, 0) is 4.79 Å². The van der Waals surface area contributed by atoms with E-state index in [-0.39, 0.29) is 6.42 Å². The number of nitrogens with zero attached hydrogens (tertiary/aromatic N) is 6. The number of hydrogen-bond acceptors (Lipinski definition) is 6. The molecule has 8 heteroatoms.